The minimum atomic E-state index is -6.00. The zero-order valence-electron chi connectivity index (χ0n) is 25.8. The van der Waals surface area contributed by atoms with E-state index in [1.54, 1.807) is 43.5 Å². The fraction of sp³-hybridized carbons (Fsp3) is 0.143. The minimum Gasteiger partial charge on any atom is -0.497 e. The number of carbonyl (C=O) groups is 3. The number of imide groups is 1. The van der Waals surface area contributed by atoms with Crippen molar-refractivity contribution in [2.24, 2.45) is 0 Å². The summed E-state index contributed by atoms with van der Waals surface area (Å²) in [6.07, 6.45) is 0.381. The molecule has 6 rings (SSSR count). The quantitative estimate of drug-likeness (QED) is 0.0720. The van der Waals surface area contributed by atoms with Crippen molar-refractivity contribution >= 4 is 41.7 Å². The molecule has 0 fully saturated rings. The van der Waals surface area contributed by atoms with Crippen molar-refractivity contribution in [3.63, 3.8) is 0 Å². The average molecular weight is 660 g/mol. The molecule has 0 unspecified atom stereocenters. The number of benzene rings is 4. The number of nitrogens with zero attached hydrogens (tertiary/aromatic N) is 1. The molecule has 48 heavy (non-hydrogen) atoms. The molecule has 0 atom stereocenters. The molecule has 4 aromatic carbocycles. The number of ether oxygens (including phenoxy) is 2. The molecule has 13 heteroatoms. The van der Waals surface area contributed by atoms with Gasteiger partial charge in [-0.3, -0.25) is 19.3 Å². The molecular weight excluding hydrogens is 631 g/mol. The van der Waals surface area contributed by atoms with Crippen LogP contribution in [0.3, 0.4) is 0 Å². The van der Waals surface area contributed by atoms with Crippen molar-refractivity contribution in [3.8, 4) is 22.8 Å². The molecule has 1 aliphatic heterocycles. The van der Waals surface area contributed by atoms with Gasteiger partial charge < -0.3 is 31.2 Å². The Morgan fingerprint density at radius 3 is 2.04 bits per heavy atom. The fourth-order valence-corrected chi connectivity index (χ4v) is 5.07. The van der Waals surface area contributed by atoms with Gasteiger partial charge in [0.25, 0.3) is 11.8 Å². The summed E-state index contributed by atoms with van der Waals surface area (Å²) in [6.45, 7) is 2.18. The monoisotopic (exact) mass is 660 g/mol. The molecule has 8 nitrogen and oxygen atoms in total. The number of hydrogen-bond acceptors (Lipinski definition) is 6. The molecule has 0 radical (unpaired) electrons. The molecule has 1 aromatic heterocycles. The number of halogens is 4. The maximum absolute atomic E-state index is 12.5. The van der Waals surface area contributed by atoms with Crippen LogP contribution < -0.4 is 19.8 Å². The summed E-state index contributed by atoms with van der Waals surface area (Å²) in [4.78, 5) is 42.2. The molecular formula is C35H29BF4N2O6. The van der Waals surface area contributed by atoms with Crippen molar-refractivity contribution < 1.29 is 50.5 Å². The van der Waals surface area contributed by atoms with Crippen LogP contribution in [0.15, 0.2) is 101 Å². The number of aryl methyl sites for hydroxylation is 1. The van der Waals surface area contributed by atoms with Gasteiger partial charge >= 0.3 is 13.2 Å². The van der Waals surface area contributed by atoms with Crippen molar-refractivity contribution in [2.75, 3.05) is 13.7 Å². The number of fused-ring (bicyclic) bond motifs is 2. The van der Waals surface area contributed by atoms with Crippen molar-refractivity contribution in [1.82, 2.24) is 4.90 Å². The maximum atomic E-state index is 12.5. The van der Waals surface area contributed by atoms with Crippen molar-refractivity contribution in [2.45, 2.75) is 19.8 Å². The van der Waals surface area contributed by atoms with E-state index in [-0.39, 0.29) is 24.8 Å². The predicted octanol–water partition coefficient (Wildman–Crippen LogP) is 6.01. The number of hydrogen-bond donors (Lipinski definition) is 1. The summed E-state index contributed by atoms with van der Waals surface area (Å²) in [5.41, 5.74) is 4.36. The Balaban J connectivity index is 0.000000840. The lowest BCUT2D eigenvalue weighted by Crippen LogP contribution is -2.70. The molecule has 0 saturated carbocycles. The second kappa shape index (κ2) is 14.4. The van der Waals surface area contributed by atoms with Gasteiger partial charge in [0.15, 0.2) is 0 Å². The summed E-state index contributed by atoms with van der Waals surface area (Å²) in [7, 11) is -4.37. The normalized spacial score (nSPS) is 12.9. The zero-order chi connectivity index (χ0) is 34.4. The highest BCUT2D eigenvalue weighted by molar-refractivity contribution is 6.50. The van der Waals surface area contributed by atoms with Gasteiger partial charge in [-0.1, -0.05) is 23.8 Å². The molecule has 5 aromatic rings. The highest BCUT2D eigenvalue weighted by Crippen LogP contribution is 2.25. The summed E-state index contributed by atoms with van der Waals surface area (Å²) < 4.78 is 56.0. The van der Waals surface area contributed by atoms with Crippen molar-refractivity contribution in [3.05, 3.63) is 119 Å². The molecule has 0 spiro atoms. The first-order valence-electron chi connectivity index (χ1n) is 14.8. The molecule has 0 aliphatic carbocycles. The Hall–Kier alpha value is -5.72. The van der Waals surface area contributed by atoms with E-state index < -0.39 is 13.2 Å². The third kappa shape index (κ3) is 8.35. The number of methoxy groups -OCH3 is 1. The number of nitrogens with one attached hydrogen (secondary N) is 1. The first kappa shape index (κ1) is 33.6. The fourth-order valence-electron chi connectivity index (χ4n) is 5.07. The van der Waals surface area contributed by atoms with Crippen molar-refractivity contribution in [1.29, 1.82) is 0 Å². The number of carbonyl (C=O) groups excluding carboxylic acids is 3. The standard InChI is InChI=1S/C35H28N2O6.BF4/c1-22-9-18-31-29(20-22)30(21-32(43-31)23-10-14-25(41-2)15-11-23)36-24-12-16-26(17-13-24)42-33(38)8-5-19-37-34(39)27-6-3-4-7-28(27)35(37)40;2-1(3,4)5/h3-4,6-7,9-18,20-21H,5,8,19H2,1-2H3;/q;-1/p+1. The van der Waals surface area contributed by atoms with Gasteiger partial charge in [-0.15, -0.1) is 0 Å². The van der Waals surface area contributed by atoms with Gasteiger partial charge in [0.05, 0.1) is 29.7 Å². The molecule has 1 aliphatic rings. The Morgan fingerprint density at radius 1 is 0.833 bits per heavy atom. The lowest BCUT2D eigenvalue weighted by Gasteiger charge is -2.13. The average Bonchev–Trinajstić information content (AvgIpc) is 3.30. The highest BCUT2D eigenvalue weighted by Gasteiger charge is 2.34. The second-order valence-electron chi connectivity index (χ2n) is 10.8. The van der Waals surface area contributed by atoms with Crippen LogP contribution in [0.5, 0.6) is 11.5 Å². The largest absolute Gasteiger partial charge is 0.673 e. The van der Waals surface area contributed by atoms with Gasteiger partial charge in [-0.05, 0) is 74.0 Å². The number of esters is 1. The molecule has 2 heterocycles. The van der Waals surface area contributed by atoms with Gasteiger partial charge in [0, 0.05) is 30.7 Å². The van der Waals surface area contributed by atoms with Crippen LogP contribution in [-0.2, 0) is 4.79 Å². The van der Waals surface area contributed by atoms with Crippen LogP contribution in [0.4, 0.5) is 23.0 Å². The van der Waals surface area contributed by atoms with E-state index in [4.69, 9.17) is 13.9 Å². The SMILES string of the molecule is COc1ccc(-c2cc(=[NH+]c3ccc(OC(=O)CCCN4C(=O)c5ccccc5C4=O)cc3)c3cc(C)ccc3o2)cc1.F[B-](F)(F)F. The van der Waals surface area contributed by atoms with Crippen LogP contribution in [0.25, 0.3) is 22.3 Å². The lowest BCUT2D eigenvalue weighted by atomic mass is 10.1. The predicted molar refractivity (Wildman–Crippen MR) is 170 cm³/mol. The summed E-state index contributed by atoms with van der Waals surface area (Å²) in [5, 5.41) is 1.81. The minimum absolute atomic E-state index is 0.0698. The number of rotatable bonds is 8. The Morgan fingerprint density at radius 2 is 1.44 bits per heavy atom. The molecule has 246 valence electrons. The van der Waals surface area contributed by atoms with E-state index in [0.717, 1.165) is 38.9 Å². The van der Waals surface area contributed by atoms with Gasteiger partial charge in [-0.2, -0.15) is 0 Å². The van der Waals surface area contributed by atoms with Crippen LogP contribution >= 0.6 is 0 Å². The maximum Gasteiger partial charge on any atom is 0.673 e. The third-order valence-corrected chi connectivity index (χ3v) is 7.30. The highest BCUT2D eigenvalue weighted by atomic mass is 19.5. The first-order valence-corrected chi connectivity index (χ1v) is 14.8. The summed E-state index contributed by atoms with van der Waals surface area (Å²) in [5.74, 6) is 0.772. The second-order valence-corrected chi connectivity index (χ2v) is 10.8. The van der Waals surface area contributed by atoms with E-state index >= 15 is 0 Å². The molecule has 0 bridgehead atoms. The van der Waals surface area contributed by atoms with E-state index in [0.29, 0.717) is 29.1 Å². The smallest absolute Gasteiger partial charge is 0.497 e. The van der Waals surface area contributed by atoms with Gasteiger partial charge in [-0.25, -0.2) is 4.99 Å². The summed E-state index contributed by atoms with van der Waals surface area (Å²) >= 11 is 0. The Labute approximate surface area is 272 Å². The van der Waals surface area contributed by atoms with Crippen LogP contribution in [-0.4, -0.2) is 43.6 Å². The Bertz CT molecular complexity index is 2000. The zero-order valence-corrected chi connectivity index (χ0v) is 25.8. The molecule has 1 N–H and O–H groups in total. The first-order chi connectivity index (χ1) is 22.9. The number of amides is 2. The van der Waals surface area contributed by atoms with Crippen LogP contribution in [0.2, 0.25) is 0 Å². The third-order valence-electron chi connectivity index (χ3n) is 7.30. The summed E-state index contributed by atoms with van der Waals surface area (Å²) in [6, 6.07) is 29.5. The van der Waals surface area contributed by atoms with Gasteiger partial charge in [0.1, 0.15) is 22.8 Å². The van der Waals surface area contributed by atoms with Crippen LogP contribution in [0.1, 0.15) is 39.1 Å². The molecule has 2 amide bonds. The van der Waals surface area contributed by atoms with E-state index in [1.165, 1.54) is 4.90 Å². The van der Waals surface area contributed by atoms with E-state index in [2.05, 4.69) is 11.1 Å². The van der Waals surface area contributed by atoms with Gasteiger partial charge in [0.2, 0.25) is 11.0 Å². The van der Waals surface area contributed by atoms with E-state index in [1.807, 2.05) is 61.5 Å². The molecule has 0 saturated heterocycles. The van der Waals surface area contributed by atoms with Crippen LogP contribution in [0, 0.1) is 6.92 Å². The lowest BCUT2D eigenvalue weighted by molar-refractivity contribution is -0.400. The Kier molecular flexibility index (Phi) is 10.1. The topological polar surface area (TPSA) is 100 Å². The van der Waals surface area contributed by atoms with E-state index in [9.17, 15) is 31.6 Å².